The molecule has 0 saturated heterocycles. The van der Waals surface area contributed by atoms with Gasteiger partial charge in [-0.1, -0.05) is 31.2 Å². The molecule has 0 aromatic heterocycles. The average molecular weight is 287 g/mol. The summed E-state index contributed by atoms with van der Waals surface area (Å²) < 4.78 is 6.12. The van der Waals surface area contributed by atoms with Crippen molar-refractivity contribution in [1.82, 2.24) is 5.32 Å². The van der Waals surface area contributed by atoms with E-state index in [2.05, 4.69) is 43.4 Å². The maximum atomic E-state index is 6.12. The highest BCUT2D eigenvalue weighted by Gasteiger charge is 2.39. The summed E-state index contributed by atoms with van der Waals surface area (Å²) >= 11 is 0. The first-order valence-electron chi connectivity index (χ1n) is 8.76. The second-order valence-corrected chi connectivity index (χ2v) is 6.65. The monoisotopic (exact) mass is 287 g/mol. The van der Waals surface area contributed by atoms with Gasteiger partial charge in [-0.25, -0.2) is 0 Å². The first kappa shape index (κ1) is 15.1. The zero-order valence-electron chi connectivity index (χ0n) is 13.5. The lowest BCUT2D eigenvalue weighted by molar-refractivity contribution is 0.0146. The van der Waals surface area contributed by atoms with E-state index in [9.17, 15) is 0 Å². The van der Waals surface area contributed by atoms with Crippen LogP contribution in [-0.4, -0.2) is 25.3 Å². The van der Waals surface area contributed by atoms with Gasteiger partial charge in [-0.3, -0.25) is 0 Å². The number of nitrogens with one attached hydrogen (secondary N) is 1. The zero-order valence-corrected chi connectivity index (χ0v) is 13.5. The Labute approximate surface area is 129 Å². The highest BCUT2D eigenvalue weighted by atomic mass is 16.5. The Kier molecular flexibility index (Phi) is 4.97. The molecule has 1 aromatic carbocycles. The Morgan fingerprint density at radius 2 is 2.05 bits per heavy atom. The van der Waals surface area contributed by atoms with Gasteiger partial charge in [0.25, 0.3) is 0 Å². The quantitative estimate of drug-likeness (QED) is 0.744. The van der Waals surface area contributed by atoms with E-state index in [0.717, 1.165) is 25.0 Å². The van der Waals surface area contributed by atoms with Gasteiger partial charge in [0.2, 0.25) is 0 Å². The van der Waals surface area contributed by atoms with Crippen LogP contribution in [0.5, 0.6) is 0 Å². The molecule has 2 heteroatoms. The standard InChI is InChI=1S/C19H29NO/c1-3-11-20-18(19(21-4-2)14-9-10-14)13-16-12-15-7-5-6-8-17(15)16/h5-8,14,16,18-20H,3-4,9-13H2,1-2H3. The first-order valence-corrected chi connectivity index (χ1v) is 8.76. The van der Waals surface area contributed by atoms with Crippen LogP contribution in [0.3, 0.4) is 0 Å². The molecule has 2 nitrogen and oxygen atoms in total. The third-order valence-electron chi connectivity index (χ3n) is 5.00. The molecule has 2 aliphatic carbocycles. The fourth-order valence-electron chi connectivity index (χ4n) is 3.74. The van der Waals surface area contributed by atoms with Gasteiger partial charge >= 0.3 is 0 Å². The number of hydrogen-bond donors (Lipinski definition) is 1. The lowest BCUT2D eigenvalue weighted by atomic mass is 9.73. The molecule has 0 bridgehead atoms. The molecule has 3 rings (SSSR count). The number of rotatable bonds is 9. The summed E-state index contributed by atoms with van der Waals surface area (Å²) in [5, 5.41) is 3.78. The molecular formula is C19H29NO. The molecule has 0 heterocycles. The summed E-state index contributed by atoms with van der Waals surface area (Å²) in [7, 11) is 0. The van der Waals surface area contributed by atoms with Crippen LogP contribution in [0.2, 0.25) is 0 Å². The molecule has 1 aromatic rings. The van der Waals surface area contributed by atoms with Crippen LogP contribution in [0.4, 0.5) is 0 Å². The number of ether oxygens (including phenoxy) is 1. The molecule has 21 heavy (non-hydrogen) atoms. The van der Waals surface area contributed by atoms with Gasteiger partial charge in [-0.05, 0) is 68.5 Å². The first-order chi connectivity index (χ1) is 10.3. The fourth-order valence-corrected chi connectivity index (χ4v) is 3.74. The highest BCUT2D eigenvalue weighted by molar-refractivity contribution is 5.40. The molecule has 1 saturated carbocycles. The van der Waals surface area contributed by atoms with E-state index < -0.39 is 0 Å². The van der Waals surface area contributed by atoms with Gasteiger partial charge in [0.1, 0.15) is 0 Å². The summed E-state index contributed by atoms with van der Waals surface area (Å²) in [6, 6.07) is 9.46. The maximum Gasteiger partial charge on any atom is 0.0756 e. The normalized spacial score (nSPS) is 23.2. The Hall–Kier alpha value is -0.860. The molecule has 2 aliphatic rings. The minimum atomic E-state index is 0.425. The Morgan fingerprint density at radius 1 is 1.24 bits per heavy atom. The molecular weight excluding hydrogens is 258 g/mol. The van der Waals surface area contributed by atoms with Gasteiger partial charge < -0.3 is 10.1 Å². The predicted octanol–water partition coefficient (Wildman–Crippen LogP) is 3.90. The van der Waals surface area contributed by atoms with Crippen molar-refractivity contribution in [3.8, 4) is 0 Å². The van der Waals surface area contributed by atoms with E-state index in [4.69, 9.17) is 4.74 Å². The minimum absolute atomic E-state index is 0.425. The van der Waals surface area contributed by atoms with Gasteiger partial charge in [0.15, 0.2) is 0 Å². The molecule has 116 valence electrons. The Balaban J connectivity index is 1.65. The van der Waals surface area contributed by atoms with E-state index in [1.54, 1.807) is 11.1 Å². The van der Waals surface area contributed by atoms with Crippen molar-refractivity contribution in [2.75, 3.05) is 13.2 Å². The van der Waals surface area contributed by atoms with Crippen molar-refractivity contribution in [3.05, 3.63) is 35.4 Å². The van der Waals surface area contributed by atoms with Crippen LogP contribution >= 0.6 is 0 Å². The second kappa shape index (κ2) is 6.93. The Morgan fingerprint density at radius 3 is 2.71 bits per heavy atom. The molecule has 3 atom stereocenters. The third-order valence-corrected chi connectivity index (χ3v) is 5.00. The van der Waals surface area contributed by atoms with Gasteiger partial charge in [0, 0.05) is 12.6 Å². The minimum Gasteiger partial charge on any atom is -0.377 e. The Bertz CT molecular complexity index is 455. The van der Waals surface area contributed by atoms with Crippen LogP contribution in [0.15, 0.2) is 24.3 Å². The summed E-state index contributed by atoms with van der Waals surface area (Å²) in [6.45, 7) is 6.32. The fraction of sp³-hybridized carbons (Fsp3) is 0.684. The van der Waals surface area contributed by atoms with Crippen LogP contribution < -0.4 is 5.32 Å². The van der Waals surface area contributed by atoms with Crippen LogP contribution in [0, 0.1) is 5.92 Å². The van der Waals surface area contributed by atoms with Gasteiger partial charge in [0.05, 0.1) is 6.10 Å². The van der Waals surface area contributed by atoms with Crippen LogP contribution in [0.1, 0.15) is 56.6 Å². The SMILES string of the molecule is CCCNC(CC1Cc2ccccc21)C(OCC)C1CC1. The number of hydrogen-bond acceptors (Lipinski definition) is 2. The van der Waals surface area contributed by atoms with Crippen LogP contribution in [0.25, 0.3) is 0 Å². The van der Waals surface area contributed by atoms with E-state index in [1.807, 2.05) is 0 Å². The zero-order chi connectivity index (χ0) is 14.7. The van der Waals surface area contributed by atoms with Crippen molar-refractivity contribution in [2.45, 2.75) is 64.0 Å². The third kappa shape index (κ3) is 3.49. The van der Waals surface area contributed by atoms with Crippen LogP contribution in [-0.2, 0) is 11.2 Å². The van der Waals surface area contributed by atoms with E-state index in [-0.39, 0.29) is 0 Å². The van der Waals surface area contributed by atoms with Crippen molar-refractivity contribution in [2.24, 2.45) is 5.92 Å². The van der Waals surface area contributed by atoms with Crippen molar-refractivity contribution < 1.29 is 4.74 Å². The topological polar surface area (TPSA) is 21.3 Å². The predicted molar refractivity (Wildman–Crippen MR) is 87.7 cm³/mol. The lowest BCUT2D eigenvalue weighted by Gasteiger charge is -2.36. The molecule has 0 aliphatic heterocycles. The highest BCUT2D eigenvalue weighted by Crippen LogP contribution is 2.42. The van der Waals surface area contributed by atoms with E-state index in [0.29, 0.717) is 12.1 Å². The molecule has 0 amide bonds. The largest absolute Gasteiger partial charge is 0.377 e. The smallest absolute Gasteiger partial charge is 0.0756 e. The van der Waals surface area contributed by atoms with E-state index >= 15 is 0 Å². The maximum absolute atomic E-state index is 6.12. The van der Waals surface area contributed by atoms with E-state index in [1.165, 1.54) is 32.1 Å². The lowest BCUT2D eigenvalue weighted by Crippen LogP contribution is -2.45. The molecule has 0 spiro atoms. The van der Waals surface area contributed by atoms with Gasteiger partial charge in [-0.2, -0.15) is 0 Å². The van der Waals surface area contributed by atoms with Crippen molar-refractivity contribution in [3.63, 3.8) is 0 Å². The summed E-state index contributed by atoms with van der Waals surface area (Å²) in [5.74, 6) is 1.53. The van der Waals surface area contributed by atoms with Crippen molar-refractivity contribution in [1.29, 1.82) is 0 Å². The average Bonchev–Trinajstić information content (AvgIpc) is 3.30. The summed E-state index contributed by atoms with van der Waals surface area (Å²) in [4.78, 5) is 0. The molecule has 1 fully saturated rings. The molecule has 1 N–H and O–H groups in total. The summed E-state index contributed by atoms with van der Waals surface area (Å²) in [5.41, 5.74) is 3.13. The van der Waals surface area contributed by atoms with Crippen molar-refractivity contribution >= 4 is 0 Å². The number of fused-ring (bicyclic) bond motifs is 1. The number of benzene rings is 1. The summed E-state index contributed by atoms with van der Waals surface area (Å²) in [6.07, 6.45) is 6.82. The van der Waals surface area contributed by atoms with Gasteiger partial charge in [-0.15, -0.1) is 0 Å². The second-order valence-electron chi connectivity index (χ2n) is 6.65. The molecule has 3 unspecified atom stereocenters. The molecule has 0 radical (unpaired) electrons.